The van der Waals surface area contributed by atoms with Crippen molar-refractivity contribution in [3.05, 3.63) is 24.1 Å². The van der Waals surface area contributed by atoms with E-state index in [1.165, 1.54) is 18.2 Å². The van der Waals surface area contributed by atoms with E-state index < -0.39 is 11.9 Å². The van der Waals surface area contributed by atoms with Crippen LogP contribution in [0.4, 0.5) is 10.2 Å². The van der Waals surface area contributed by atoms with Gasteiger partial charge in [-0.3, -0.25) is 10.1 Å². The van der Waals surface area contributed by atoms with Gasteiger partial charge in [0, 0.05) is 21.9 Å². The van der Waals surface area contributed by atoms with Gasteiger partial charge in [-0.15, -0.1) is 0 Å². The number of hydrogen-bond acceptors (Lipinski definition) is 2. The van der Waals surface area contributed by atoms with Gasteiger partial charge in [0.05, 0.1) is 0 Å². The molecule has 1 amide bonds. The summed E-state index contributed by atoms with van der Waals surface area (Å²) in [6.45, 7) is 0. The maximum atomic E-state index is 12.5. The molecule has 0 atom stereocenters. The number of hydrogen-bond donors (Lipinski definition) is 1. The van der Waals surface area contributed by atoms with Crippen molar-refractivity contribution in [2.24, 2.45) is 0 Å². The number of halogens is 2. The van der Waals surface area contributed by atoms with Crippen molar-refractivity contribution < 1.29 is 9.18 Å². The average molecular weight is 243 g/mol. The zero-order valence-electron chi connectivity index (χ0n) is 6.34. The van der Waals surface area contributed by atoms with Crippen molar-refractivity contribution in [2.45, 2.75) is 0 Å². The molecule has 0 aromatic carbocycles. The highest BCUT2D eigenvalue weighted by Crippen LogP contribution is 2.02. The van der Waals surface area contributed by atoms with Crippen LogP contribution in [-0.4, -0.2) is 10.9 Å². The highest BCUT2D eigenvalue weighted by atomic mass is 79.9. The maximum Gasteiger partial charge on any atom is 0.302 e. The highest BCUT2D eigenvalue weighted by Gasteiger charge is 1.99. The fraction of sp³-hybridized carbons (Fsp3) is 0. The van der Waals surface area contributed by atoms with E-state index in [4.69, 9.17) is 0 Å². The summed E-state index contributed by atoms with van der Waals surface area (Å²) in [5.74, 6) is 1.11. The number of rotatable bonds is 1. The quantitative estimate of drug-likeness (QED) is 0.600. The molecule has 0 aliphatic heterocycles. The van der Waals surface area contributed by atoms with Crippen molar-refractivity contribution in [1.29, 1.82) is 0 Å². The summed E-state index contributed by atoms with van der Waals surface area (Å²) in [5.41, 5.74) is 0. The normalized spacial score (nSPS) is 8.46. The molecule has 0 aliphatic rings. The Balaban J connectivity index is 2.73. The van der Waals surface area contributed by atoms with Crippen LogP contribution in [0.1, 0.15) is 0 Å². The van der Waals surface area contributed by atoms with E-state index in [0.717, 1.165) is 0 Å². The summed E-state index contributed by atoms with van der Waals surface area (Å²) in [4.78, 5) is 16.5. The molecule has 13 heavy (non-hydrogen) atoms. The predicted molar refractivity (Wildman–Crippen MR) is 49.5 cm³/mol. The van der Waals surface area contributed by atoms with E-state index in [1.807, 2.05) is 0 Å². The molecule has 0 aliphatic carbocycles. The van der Waals surface area contributed by atoms with Crippen LogP contribution in [0.2, 0.25) is 0 Å². The molecule has 0 unspecified atom stereocenters. The van der Waals surface area contributed by atoms with Gasteiger partial charge in [0.15, 0.2) is 0 Å². The monoisotopic (exact) mass is 242 g/mol. The number of carbonyl (C=O) groups excluding carboxylic acids is 1. The Morgan fingerprint density at radius 1 is 1.62 bits per heavy atom. The van der Waals surface area contributed by atoms with Crippen molar-refractivity contribution in [3.8, 4) is 10.8 Å². The van der Waals surface area contributed by atoms with Crippen LogP contribution < -0.4 is 5.32 Å². The number of pyridine rings is 1. The molecule has 0 bridgehead atoms. The largest absolute Gasteiger partial charge is 0.302 e. The van der Waals surface area contributed by atoms with E-state index in [2.05, 4.69) is 37.0 Å². The van der Waals surface area contributed by atoms with E-state index in [-0.39, 0.29) is 5.82 Å². The number of nitrogens with one attached hydrogen (secondary N) is 1. The van der Waals surface area contributed by atoms with Crippen molar-refractivity contribution in [3.63, 3.8) is 0 Å². The van der Waals surface area contributed by atoms with Gasteiger partial charge < -0.3 is 0 Å². The number of anilines is 1. The first-order chi connectivity index (χ1) is 6.22. The fourth-order valence-corrected chi connectivity index (χ4v) is 0.848. The number of aromatic nitrogens is 1. The number of carbonyl (C=O) groups is 1. The molecule has 1 N–H and O–H groups in total. The van der Waals surface area contributed by atoms with Gasteiger partial charge in [-0.05, 0) is 17.0 Å². The van der Waals surface area contributed by atoms with Gasteiger partial charge in [0.25, 0.3) is 0 Å². The third kappa shape index (κ3) is 3.22. The molecule has 0 saturated heterocycles. The van der Waals surface area contributed by atoms with Crippen LogP contribution >= 0.6 is 15.9 Å². The summed E-state index contributed by atoms with van der Waals surface area (Å²) in [5, 5.41) is 2.29. The standard InChI is InChI=1S/C8H4BrFN2O/c9-5-4-8(13)12-7-3-1-2-6(10)11-7/h1-3H,(H,11,12,13). The second-order valence-corrected chi connectivity index (χ2v) is 2.42. The Morgan fingerprint density at radius 3 is 3.00 bits per heavy atom. The SMILES string of the molecule is O=C(C#CBr)Nc1cccc(F)n1. The first kappa shape index (κ1) is 9.68. The van der Waals surface area contributed by atoms with Gasteiger partial charge in [-0.1, -0.05) is 6.07 Å². The second-order valence-electron chi connectivity index (χ2n) is 2.02. The predicted octanol–water partition coefficient (Wildman–Crippen LogP) is 1.51. The molecule has 1 rings (SSSR count). The average Bonchev–Trinajstić information content (AvgIpc) is 2.04. The lowest BCUT2D eigenvalue weighted by molar-refractivity contribution is -0.111. The van der Waals surface area contributed by atoms with Crippen LogP contribution in [0.15, 0.2) is 18.2 Å². The molecule has 1 heterocycles. The maximum absolute atomic E-state index is 12.5. The number of amides is 1. The van der Waals surface area contributed by atoms with Gasteiger partial charge in [0.2, 0.25) is 5.95 Å². The topological polar surface area (TPSA) is 42.0 Å². The molecule has 1 aromatic rings. The minimum Gasteiger partial charge on any atom is -0.300 e. The minimum atomic E-state index is -0.649. The van der Waals surface area contributed by atoms with E-state index in [9.17, 15) is 9.18 Å². The molecule has 1 aromatic heterocycles. The van der Waals surface area contributed by atoms with Crippen molar-refractivity contribution in [1.82, 2.24) is 4.98 Å². The summed E-state index contributed by atoms with van der Waals surface area (Å²) < 4.78 is 12.5. The first-order valence-electron chi connectivity index (χ1n) is 3.27. The Kier molecular flexibility index (Phi) is 3.41. The van der Waals surface area contributed by atoms with E-state index in [1.54, 1.807) is 0 Å². The highest BCUT2D eigenvalue weighted by molar-refractivity contribution is 9.12. The van der Waals surface area contributed by atoms with Crippen molar-refractivity contribution >= 4 is 27.7 Å². The van der Waals surface area contributed by atoms with Gasteiger partial charge in [-0.25, -0.2) is 4.98 Å². The lowest BCUT2D eigenvalue weighted by Crippen LogP contribution is -2.09. The fourth-order valence-electron chi connectivity index (χ4n) is 0.668. The smallest absolute Gasteiger partial charge is 0.300 e. The Morgan fingerprint density at radius 2 is 2.38 bits per heavy atom. The zero-order chi connectivity index (χ0) is 9.68. The van der Waals surface area contributed by atoms with Crippen LogP contribution in [-0.2, 0) is 4.79 Å². The van der Waals surface area contributed by atoms with Crippen LogP contribution in [0, 0.1) is 16.7 Å². The molecule has 0 radical (unpaired) electrons. The lowest BCUT2D eigenvalue weighted by atomic mass is 10.4. The molecule has 3 nitrogen and oxygen atoms in total. The Labute approximate surface area is 82.5 Å². The summed E-state index contributed by atoms with van der Waals surface area (Å²) >= 11 is 2.76. The molecular formula is C8H4BrFN2O. The third-order valence-corrected chi connectivity index (χ3v) is 1.32. The molecule has 0 saturated carbocycles. The van der Waals surface area contributed by atoms with Crippen LogP contribution in [0.3, 0.4) is 0 Å². The molecular weight excluding hydrogens is 239 g/mol. The summed E-state index contributed by atoms with van der Waals surface area (Å²) in [7, 11) is 0. The number of nitrogens with zero attached hydrogens (tertiary/aromatic N) is 1. The van der Waals surface area contributed by atoms with E-state index >= 15 is 0 Å². The molecule has 66 valence electrons. The van der Waals surface area contributed by atoms with Gasteiger partial charge in [-0.2, -0.15) is 4.39 Å². The lowest BCUT2D eigenvalue weighted by Gasteiger charge is -1.97. The Bertz CT molecular complexity index is 383. The van der Waals surface area contributed by atoms with Crippen LogP contribution in [0.25, 0.3) is 0 Å². The third-order valence-electron chi connectivity index (χ3n) is 1.12. The molecule has 0 spiro atoms. The van der Waals surface area contributed by atoms with E-state index in [0.29, 0.717) is 0 Å². The van der Waals surface area contributed by atoms with Crippen LogP contribution in [0.5, 0.6) is 0 Å². The molecule has 5 heteroatoms. The van der Waals surface area contributed by atoms with Gasteiger partial charge in [0.1, 0.15) is 5.82 Å². The molecule has 0 fully saturated rings. The minimum absolute atomic E-state index is 0.139. The summed E-state index contributed by atoms with van der Waals surface area (Å²) in [6.07, 6.45) is 0. The Hall–Kier alpha value is -1.41. The summed E-state index contributed by atoms with van der Waals surface area (Å²) in [6, 6.07) is 4.10. The first-order valence-corrected chi connectivity index (χ1v) is 4.07. The zero-order valence-corrected chi connectivity index (χ0v) is 7.93. The second kappa shape index (κ2) is 4.58. The van der Waals surface area contributed by atoms with Crippen molar-refractivity contribution in [2.75, 3.05) is 5.32 Å². The van der Waals surface area contributed by atoms with Gasteiger partial charge >= 0.3 is 5.91 Å².